The topological polar surface area (TPSA) is 55.8 Å². The fourth-order valence-electron chi connectivity index (χ4n) is 2.31. The predicted molar refractivity (Wildman–Crippen MR) is 91.4 cm³/mol. The Labute approximate surface area is 144 Å². The van der Waals surface area contributed by atoms with Gasteiger partial charge < -0.3 is 9.47 Å². The first-order valence-electron chi connectivity index (χ1n) is 7.56. The van der Waals surface area contributed by atoms with Crippen LogP contribution in [0.3, 0.4) is 0 Å². The third-order valence-corrected chi connectivity index (χ3v) is 4.39. The molecule has 1 heterocycles. The van der Waals surface area contributed by atoms with Crippen molar-refractivity contribution in [2.24, 2.45) is 0 Å². The number of nitrogens with zero attached hydrogens (tertiary/aromatic N) is 1. The number of benzene rings is 2. The summed E-state index contributed by atoms with van der Waals surface area (Å²) in [6, 6.07) is 18.6. The summed E-state index contributed by atoms with van der Waals surface area (Å²) in [7, 11) is 0. The van der Waals surface area contributed by atoms with E-state index in [9.17, 15) is 9.59 Å². The summed E-state index contributed by atoms with van der Waals surface area (Å²) in [5, 5.41) is -0.305. The second-order valence-electron chi connectivity index (χ2n) is 5.26. The van der Waals surface area contributed by atoms with Gasteiger partial charge in [0.2, 0.25) is 0 Å². The number of carbonyl (C=O) groups excluding carboxylic acids is 2. The van der Waals surface area contributed by atoms with E-state index < -0.39 is 11.7 Å². The number of rotatable bonds is 6. The molecule has 2 unspecified atom stereocenters. The van der Waals surface area contributed by atoms with Gasteiger partial charge >= 0.3 is 0 Å². The molecular weight excluding hydrogens is 326 g/mol. The number of imide groups is 1. The molecule has 0 saturated carbocycles. The van der Waals surface area contributed by atoms with Crippen LogP contribution in [-0.2, 0) is 16.1 Å². The minimum Gasteiger partial charge on any atom is -0.465 e. The van der Waals surface area contributed by atoms with Gasteiger partial charge in [-0.1, -0.05) is 48.5 Å². The molecule has 0 aliphatic carbocycles. The third kappa shape index (κ3) is 3.96. The number of ether oxygens (including phenoxy) is 2. The molecule has 2 aromatic rings. The Balaban J connectivity index is 1.59. The first kappa shape index (κ1) is 16.5. The molecule has 0 radical (unpaired) electrons. The van der Waals surface area contributed by atoms with Crippen molar-refractivity contribution in [3.63, 3.8) is 0 Å². The average molecular weight is 343 g/mol. The van der Waals surface area contributed by atoms with Crippen LogP contribution in [0.2, 0.25) is 0 Å². The lowest BCUT2D eigenvalue weighted by Crippen LogP contribution is -2.34. The van der Waals surface area contributed by atoms with Crippen LogP contribution >= 0.6 is 11.8 Å². The predicted octanol–water partition coefficient (Wildman–Crippen LogP) is 3.65. The first-order valence-corrected chi connectivity index (χ1v) is 8.44. The van der Waals surface area contributed by atoms with Crippen molar-refractivity contribution in [3.8, 4) is 5.75 Å². The zero-order valence-corrected chi connectivity index (χ0v) is 13.9. The number of hydrogen-bond acceptors (Lipinski definition) is 5. The molecule has 24 heavy (non-hydrogen) atoms. The van der Waals surface area contributed by atoms with E-state index in [1.54, 1.807) is 19.1 Å². The Bertz CT molecular complexity index is 707. The molecule has 2 amide bonds. The van der Waals surface area contributed by atoms with E-state index in [0.29, 0.717) is 5.75 Å². The highest BCUT2D eigenvalue weighted by Crippen LogP contribution is 2.30. The van der Waals surface area contributed by atoms with Crippen molar-refractivity contribution in [1.82, 2.24) is 4.90 Å². The fourth-order valence-corrected chi connectivity index (χ4v) is 3.21. The summed E-state index contributed by atoms with van der Waals surface area (Å²) in [6.45, 7) is 1.95. The molecule has 1 fully saturated rings. The highest BCUT2D eigenvalue weighted by molar-refractivity contribution is 8.15. The van der Waals surface area contributed by atoms with Crippen molar-refractivity contribution in [2.45, 2.75) is 25.2 Å². The largest absolute Gasteiger partial charge is 0.465 e. The van der Waals surface area contributed by atoms with E-state index in [1.165, 1.54) is 4.90 Å². The third-order valence-electron chi connectivity index (χ3n) is 3.44. The van der Waals surface area contributed by atoms with E-state index in [1.807, 2.05) is 48.5 Å². The second kappa shape index (κ2) is 7.51. The molecule has 1 saturated heterocycles. The quantitative estimate of drug-likeness (QED) is 0.750. The van der Waals surface area contributed by atoms with Crippen molar-refractivity contribution in [1.29, 1.82) is 0 Å². The molecule has 0 aromatic heterocycles. The van der Waals surface area contributed by atoms with Crippen molar-refractivity contribution in [3.05, 3.63) is 66.2 Å². The average Bonchev–Trinajstić information content (AvgIpc) is 2.84. The minimum atomic E-state index is -0.875. The summed E-state index contributed by atoms with van der Waals surface area (Å²) in [6.07, 6.45) is -0.640. The van der Waals surface area contributed by atoms with Crippen LogP contribution in [-0.4, -0.2) is 27.8 Å². The van der Waals surface area contributed by atoms with Crippen LogP contribution in [0, 0.1) is 0 Å². The second-order valence-corrected chi connectivity index (χ2v) is 6.27. The lowest BCUT2D eigenvalue weighted by Gasteiger charge is -2.18. The van der Waals surface area contributed by atoms with Crippen LogP contribution in [0.15, 0.2) is 60.7 Å². The van der Waals surface area contributed by atoms with Gasteiger partial charge in [-0.2, -0.15) is 0 Å². The van der Waals surface area contributed by atoms with Gasteiger partial charge in [-0.25, -0.2) is 0 Å². The van der Waals surface area contributed by atoms with Crippen LogP contribution in [0.4, 0.5) is 4.79 Å². The van der Waals surface area contributed by atoms with Gasteiger partial charge in [0.25, 0.3) is 11.1 Å². The molecular formula is C18H17NO4S. The standard InChI is InChI=1S/C18H17NO4S/c1-13(22-15-10-6-3-7-11-15)23-17-16(20)19(18(21)24-17)12-14-8-4-2-5-9-14/h2-11,13,17H,12H2,1H3. The van der Waals surface area contributed by atoms with E-state index in [4.69, 9.17) is 9.47 Å². The smallest absolute Gasteiger partial charge is 0.291 e. The summed E-state index contributed by atoms with van der Waals surface area (Å²) >= 11 is 0.875. The minimum absolute atomic E-state index is 0.249. The van der Waals surface area contributed by atoms with Crippen molar-refractivity contribution < 1.29 is 19.1 Å². The molecule has 3 rings (SSSR count). The molecule has 1 aliphatic rings. The maximum atomic E-state index is 12.4. The summed E-state index contributed by atoms with van der Waals surface area (Å²) in [5.74, 6) is 0.297. The number of amides is 2. The van der Waals surface area contributed by atoms with Gasteiger partial charge in [-0.15, -0.1) is 0 Å². The summed E-state index contributed by atoms with van der Waals surface area (Å²) < 4.78 is 11.2. The van der Waals surface area contributed by atoms with Crippen molar-refractivity contribution in [2.75, 3.05) is 0 Å². The molecule has 6 heteroatoms. The molecule has 2 atom stereocenters. The Morgan fingerprint density at radius 1 is 1.04 bits per heavy atom. The maximum Gasteiger partial charge on any atom is 0.291 e. The van der Waals surface area contributed by atoms with E-state index in [0.717, 1.165) is 17.3 Å². The molecule has 5 nitrogen and oxygen atoms in total. The summed E-state index contributed by atoms with van der Waals surface area (Å²) in [4.78, 5) is 25.7. The highest BCUT2D eigenvalue weighted by atomic mass is 32.2. The molecule has 0 N–H and O–H groups in total. The summed E-state index contributed by atoms with van der Waals surface area (Å²) in [5.41, 5.74) is 0.0222. The lowest BCUT2D eigenvalue weighted by molar-refractivity contribution is -0.144. The van der Waals surface area contributed by atoms with Gasteiger partial charge in [0.05, 0.1) is 6.54 Å². The molecule has 2 aromatic carbocycles. The Hall–Kier alpha value is -2.31. The maximum absolute atomic E-state index is 12.4. The molecule has 0 spiro atoms. The fraction of sp³-hybridized carbons (Fsp3) is 0.222. The van der Waals surface area contributed by atoms with Gasteiger partial charge in [-0.05, 0) is 36.4 Å². The number of thioether (sulfide) groups is 1. The van der Waals surface area contributed by atoms with Crippen molar-refractivity contribution >= 4 is 22.9 Å². The van der Waals surface area contributed by atoms with E-state index >= 15 is 0 Å². The molecule has 1 aliphatic heterocycles. The van der Waals surface area contributed by atoms with Gasteiger partial charge in [-0.3, -0.25) is 14.5 Å². The van der Waals surface area contributed by atoms with Gasteiger partial charge in [0.15, 0.2) is 11.7 Å². The monoisotopic (exact) mass is 343 g/mol. The Kier molecular flexibility index (Phi) is 5.17. The Morgan fingerprint density at radius 3 is 2.33 bits per heavy atom. The molecule has 124 valence electrons. The zero-order valence-electron chi connectivity index (χ0n) is 13.1. The van der Waals surface area contributed by atoms with Crippen LogP contribution in [0.1, 0.15) is 12.5 Å². The number of carbonyl (C=O) groups is 2. The molecule has 0 bridgehead atoms. The van der Waals surface area contributed by atoms with Gasteiger partial charge in [0, 0.05) is 0 Å². The highest BCUT2D eigenvalue weighted by Gasteiger charge is 2.41. The zero-order chi connectivity index (χ0) is 16.9. The van der Waals surface area contributed by atoms with E-state index in [2.05, 4.69) is 0 Å². The lowest BCUT2D eigenvalue weighted by atomic mass is 10.2. The van der Waals surface area contributed by atoms with Crippen LogP contribution in [0.5, 0.6) is 5.75 Å². The number of para-hydroxylation sites is 1. The SMILES string of the molecule is CC(Oc1ccccc1)OC1SC(=O)N(Cc2ccccc2)C1=O. The number of hydrogen-bond donors (Lipinski definition) is 0. The van der Waals surface area contributed by atoms with Crippen LogP contribution in [0.25, 0.3) is 0 Å². The van der Waals surface area contributed by atoms with Crippen LogP contribution < -0.4 is 4.74 Å². The van der Waals surface area contributed by atoms with Gasteiger partial charge in [0.1, 0.15) is 5.75 Å². The van der Waals surface area contributed by atoms with E-state index in [-0.39, 0.29) is 17.7 Å². The normalized spacial score (nSPS) is 18.7. The Morgan fingerprint density at radius 2 is 1.67 bits per heavy atom. The first-order chi connectivity index (χ1) is 11.6.